The number of nitrogens with zero attached hydrogens (tertiary/aromatic N) is 2. The van der Waals surface area contributed by atoms with Gasteiger partial charge in [0.15, 0.2) is 0 Å². The van der Waals surface area contributed by atoms with Gasteiger partial charge in [-0.15, -0.1) is 0 Å². The van der Waals surface area contributed by atoms with Crippen LogP contribution in [0.3, 0.4) is 0 Å². The van der Waals surface area contributed by atoms with Crippen LogP contribution >= 0.6 is 0 Å². The lowest BCUT2D eigenvalue weighted by Crippen LogP contribution is -2.00. The normalized spacial score (nSPS) is 10.1. The van der Waals surface area contributed by atoms with Crippen LogP contribution in [0.4, 0.5) is 0 Å². The quantitative estimate of drug-likeness (QED) is 0.720. The highest BCUT2D eigenvalue weighted by molar-refractivity contribution is 5.89. The number of methoxy groups -OCH3 is 1. The largest absolute Gasteiger partial charge is 0.465 e. The summed E-state index contributed by atoms with van der Waals surface area (Å²) in [5.74, 6) is 0.544. The molecule has 0 aliphatic heterocycles. The smallest absolute Gasteiger partial charge is 0.337 e. The highest BCUT2D eigenvalue weighted by Gasteiger charge is 2.07. The molecule has 82 valence electrons. The van der Waals surface area contributed by atoms with E-state index in [1.165, 1.54) is 7.11 Å². The molecule has 2 aromatic rings. The average molecular weight is 216 g/mol. The monoisotopic (exact) mass is 216 g/mol. The molecule has 0 saturated heterocycles. The van der Waals surface area contributed by atoms with Crippen molar-refractivity contribution in [2.75, 3.05) is 7.11 Å². The van der Waals surface area contributed by atoms with Gasteiger partial charge in [0.25, 0.3) is 0 Å². The van der Waals surface area contributed by atoms with E-state index < -0.39 is 0 Å². The van der Waals surface area contributed by atoms with Crippen molar-refractivity contribution in [1.82, 2.24) is 9.55 Å². The summed E-state index contributed by atoms with van der Waals surface area (Å²) in [4.78, 5) is 15.5. The summed E-state index contributed by atoms with van der Waals surface area (Å²) in [6.07, 6.45) is 3.62. The first-order valence-corrected chi connectivity index (χ1v) is 4.88. The van der Waals surface area contributed by atoms with Crippen molar-refractivity contribution < 1.29 is 9.53 Å². The second-order valence-corrected chi connectivity index (χ2v) is 3.43. The van der Waals surface area contributed by atoms with Crippen LogP contribution in [0.5, 0.6) is 0 Å². The maximum Gasteiger partial charge on any atom is 0.337 e. The maximum atomic E-state index is 11.2. The van der Waals surface area contributed by atoms with E-state index in [1.54, 1.807) is 18.3 Å². The van der Waals surface area contributed by atoms with Gasteiger partial charge in [-0.05, 0) is 12.1 Å². The molecule has 0 spiro atoms. The van der Waals surface area contributed by atoms with E-state index in [9.17, 15) is 4.79 Å². The third-order valence-electron chi connectivity index (χ3n) is 2.39. The van der Waals surface area contributed by atoms with Gasteiger partial charge in [-0.3, -0.25) is 0 Å². The highest BCUT2D eigenvalue weighted by atomic mass is 16.5. The predicted octanol–water partition coefficient (Wildman–Crippen LogP) is 1.87. The Morgan fingerprint density at radius 1 is 1.31 bits per heavy atom. The molecule has 4 heteroatoms. The summed E-state index contributed by atoms with van der Waals surface area (Å²) >= 11 is 0. The third kappa shape index (κ3) is 1.82. The first kappa shape index (κ1) is 10.4. The lowest BCUT2D eigenvalue weighted by molar-refractivity contribution is 0.0601. The Labute approximate surface area is 93.5 Å². The highest BCUT2D eigenvalue weighted by Crippen LogP contribution is 2.17. The van der Waals surface area contributed by atoms with E-state index in [4.69, 9.17) is 0 Å². The minimum absolute atomic E-state index is 0.327. The van der Waals surface area contributed by atoms with Gasteiger partial charge < -0.3 is 9.30 Å². The summed E-state index contributed by atoms with van der Waals surface area (Å²) in [7, 11) is 3.30. The van der Waals surface area contributed by atoms with E-state index in [-0.39, 0.29) is 5.97 Å². The van der Waals surface area contributed by atoms with E-state index in [0.717, 1.165) is 11.4 Å². The molecule has 0 aliphatic carbocycles. The number of esters is 1. The summed E-state index contributed by atoms with van der Waals surface area (Å²) in [6, 6.07) is 7.18. The summed E-state index contributed by atoms with van der Waals surface area (Å²) in [5, 5.41) is 0. The van der Waals surface area contributed by atoms with E-state index in [0.29, 0.717) is 5.56 Å². The summed E-state index contributed by atoms with van der Waals surface area (Å²) in [6.45, 7) is 0. The Bertz CT molecular complexity index is 500. The Morgan fingerprint density at radius 2 is 2.00 bits per heavy atom. The number of carbonyl (C=O) groups excluding carboxylic acids is 1. The van der Waals surface area contributed by atoms with E-state index >= 15 is 0 Å². The van der Waals surface area contributed by atoms with Gasteiger partial charge >= 0.3 is 5.97 Å². The molecule has 0 bridgehead atoms. The molecule has 1 aromatic carbocycles. The first-order valence-electron chi connectivity index (χ1n) is 4.88. The number of aromatic nitrogens is 2. The molecule has 16 heavy (non-hydrogen) atoms. The van der Waals surface area contributed by atoms with Crippen LogP contribution < -0.4 is 0 Å². The number of rotatable bonds is 2. The number of hydrogen-bond donors (Lipinski definition) is 0. The fourth-order valence-electron chi connectivity index (χ4n) is 1.52. The molecule has 0 unspecified atom stereocenters. The molecule has 1 aromatic heterocycles. The van der Waals surface area contributed by atoms with E-state index in [1.807, 2.05) is 29.9 Å². The van der Waals surface area contributed by atoms with Crippen molar-refractivity contribution in [2.24, 2.45) is 7.05 Å². The van der Waals surface area contributed by atoms with Gasteiger partial charge in [0, 0.05) is 25.0 Å². The van der Waals surface area contributed by atoms with Crippen LogP contribution in [0.1, 0.15) is 10.4 Å². The minimum atomic E-state index is -0.327. The molecule has 4 nitrogen and oxygen atoms in total. The number of hydrogen-bond acceptors (Lipinski definition) is 3. The third-order valence-corrected chi connectivity index (χ3v) is 2.39. The van der Waals surface area contributed by atoms with Crippen molar-refractivity contribution in [2.45, 2.75) is 0 Å². The molecule has 0 fully saturated rings. The zero-order chi connectivity index (χ0) is 11.5. The van der Waals surface area contributed by atoms with Gasteiger partial charge in [0.1, 0.15) is 5.82 Å². The van der Waals surface area contributed by atoms with Gasteiger partial charge in [-0.1, -0.05) is 12.1 Å². The van der Waals surface area contributed by atoms with Crippen LogP contribution in [-0.4, -0.2) is 22.6 Å². The molecule has 0 atom stereocenters. The first-order chi connectivity index (χ1) is 7.72. The Morgan fingerprint density at radius 3 is 2.50 bits per heavy atom. The standard InChI is InChI=1S/C12H12N2O2/c1-14-8-7-13-11(14)9-3-5-10(6-4-9)12(15)16-2/h3-8H,1-2H3. The molecule has 0 radical (unpaired) electrons. The average Bonchev–Trinajstić information content (AvgIpc) is 2.75. The fourth-order valence-corrected chi connectivity index (χ4v) is 1.52. The van der Waals surface area contributed by atoms with Crippen LogP contribution in [0.2, 0.25) is 0 Å². The summed E-state index contributed by atoms with van der Waals surface area (Å²) < 4.78 is 6.55. The Hall–Kier alpha value is -2.10. The SMILES string of the molecule is COC(=O)c1ccc(-c2nccn2C)cc1. The molecule has 0 saturated carbocycles. The number of carbonyl (C=O) groups is 1. The van der Waals surface area contributed by atoms with Gasteiger partial charge in [-0.25, -0.2) is 9.78 Å². The van der Waals surface area contributed by atoms with E-state index in [2.05, 4.69) is 9.72 Å². The second-order valence-electron chi connectivity index (χ2n) is 3.43. The van der Waals surface area contributed by atoms with Crippen molar-refractivity contribution in [1.29, 1.82) is 0 Å². The minimum Gasteiger partial charge on any atom is -0.465 e. The zero-order valence-corrected chi connectivity index (χ0v) is 9.18. The Kier molecular flexibility index (Phi) is 2.72. The van der Waals surface area contributed by atoms with Crippen LogP contribution in [-0.2, 0) is 11.8 Å². The zero-order valence-electron chi connectivity index (χ0n) is 9.18. The Balaban J connectivity index is 2.33. The molecule has 0 N–H and O–H groups in total. The predicted molar refractivity (Wildman–Crippen MR) is 60.0 cm³/mol. The van der Waals surface area contributed by atoms with Crippen molar-refractivity contribution in [3.05, 3.63) is 42.2 Å². The lowest BCUT2D eigenvalue weighted by atomic mass is 10.1. The van der Waals surface area contributed by atoms with Crippen LogP contribution in [0, 0.1) is 0 Å². The molecule has 2 rings (SSSR count). The van der Waals surface area contributed by atoms with Crippen molar-refractivity contribution >= 4 is 5.97 Å². The van der Waals surface area contributed by atoms with Crippen LogP contribution in [0.15, 0.2) is 36.7 Å². The maximum absolute atomic E-state index is 11.2. The molecule has 0 aliphatic rings. The fraction of sp³-hybridized carbons (Fsp3) is 0.167. The lowest BCUT2D eigenvalue weighted by Gasteiger charge is -2.03. The van der Waals surface area contributed by atoms with Gasteiger partial charge in [0.2, 0.25) is 0 Å². The topological polar surface area (TPSA) is 44.1 Å². The van der Waals surface area contributed by atoms with Gasteiger partial charge in [0.05, 0.1) is 12.7 Å². The second kappa shape index (κ2) is 4.18. The molecular formula is C12H12N2O2. The number of imidazole rings is 1. The summed E-state index contributed by atoms with van der Waals surface area (Å²) in [5.41, 5.74) is 1.51. The molecule has 0 amide bonds. The molecular weight excluding hydrogens is 204 g/mol. The number of aryl methyl sites for hydroxylation is 1. The van der Waals surface area contributed by atoms with Crippen molar-refractivity contribution in [3.8, 4) is 11.4 Å². The number of benzene rings is 1. The van der Waals surface area contributed by atoms with Crippen molar-refractivity contribution in [3.63, 3.8) is 0 Å². The van der Waals surface area contributed by atoms with Crippen LogP contribution in [0.25, 0.3) is 11.4 Å². The van der Waals surface area contributed by atoms with Gasteiger partial charge in [-0.2, -0.15) is 0 Å². The molecule has 1 heterocycles. The number of ether oxygens (including phenoxy) is 1.